The second-order valence-electron chi connectivity index (χ2n) is 28.6. The first kappa shape index (κ1) is 99.3. The zero-order valence-electron chi connectivity index (χ0n) is 74.1. The highest BCUT2D eigenvalue weighted by Gasteiger charge is 2.40. The third-order valence-electron chi connectivity index (χ3n) is 19.7. The van der Waals surface area contributed by atoms with E-state index in [1.54, 1.807) is 135 Å². The van der Waals surface area contributed by atoms with Gasteiger partial charge in [0.1, 0.15) is 5.70 Å². The lowest BCUT2D eigenvalue weighted by Gasteiger charge is -2.17. The number of benzene rings is 7. The number of aromatic carboxylic acids is 1. The van der Waals surface area contributed by atoms with E-state index in [2.05, 4.69) is 97.8 Å². The second kappa shape index (κ2) is 50.7. The average molecular weight is 1810 g/mol. The van der Waals surface area contributed by atoms with Gasteiger partial charge in [-0.3, -0.25) is 68.9 Å². The smallest absolute Gasteiger partial charge is 0.339 e. The molecule has 0 aliphatic carbocycles. The van der Waals surface area contributed by atoms with Crippen LogP contribution in [-0.4, -0.2) is 156 Å². The predicted octanol–water partition coefficient (Wildman–Crippen LogP) is 15.4. The van der Waals surface area contributed by atoms with E-state index in [9.17, 15) is 43.5 Å². The summed E-state index contributed by atoms with van der Waals surface area (Å²) in [5, 5.41) is 34.3. The maximum Gasteiger partial charge on any atom is 0.339 e. The highest BCUT2D eigenvalue weighted by Crippen LogP contribution is 2.32. The summed E-state index contributed by atoms with van der Waals surface area (Å²) in [6.07, 6.45) is 19.0. The second-order valence-corrected chi connectivity index (χ2v) is 29.5. The van der Waals surface area contributed by atoms with Gasteiger partial charge in [-0.2, -0.15) is 20.4 Å². The molecular formula is C99H106BrN17O12. The van der Waals surface area contributed by atoms with Crippen molar-refractivity contribution in [2.75, 3.05) is 45.6 Å². The van der Waals surface area contributed by atoms with Crippen molar-refractivity contribution < 1.29 is 58.0 Å². The van der Waals surface area contributed by atoms with Crippen molar-refractivity contribution in [3.05, 3.63) is 409 Å². The van der Waals surface area contributed by atoms with E-state index in [0.29, 0.717) is 75.0 Å². The third-order valence-corrected chi connectivity index (χ3v) is 20.3. The lowest BCUT2D eigenvalue weighted by Crippen LogP contribution is -2.33. The van der Waals surface area contributed by atoms with Crippen LogP contribution in [0.5, 0.6) is 0 Å². The molecule has 0 radical (unpaired) electrons. The molecule has 2 aliphatic rings. The number of imide groups is 2. The summed E-state index contributed by atoms with van der Waals surface area (Å²) in [5.74, 6) is 1.64. The molecule has 4 amide bonds. The molecule has 0 fully saturated rings. The van der Waals surface area contributed by atoms with Crippen molar-refractivity contribution in [2.24, 2.45) is 5.84 Å². The van der Waals surface area contributed by atoms with E-state index in [0.717, 1.165) is 75.3 Å². The summed E-state index contributed by atoms with van der Waals surface area (Å²) in [7, 11) is 6.17. The number of aliphatic hydroxyl groups excluding tert-OH is 1. The Kier molecular flexibility index (Phi) is 39.1. The zero-order chi connectivity index (χ0) is 93.5. The predicted molar refractivity (Wildman–Crippen MR) is 499 cm³/mol. The normalized spacial score (nSPS) is 11.3. The van der Waals surface area contributed by atoms with Gasteiger partial charge in [0, 0.05) is 102 Å². The zero-order valence-corrected chi connectivity index (χ0v) is 75.6. The van der Waals surface area contributed by atoms with Gasteiger partial charge >= 0.3 is 17.9 Å². The number of pyridine rings is 3. The number of anilines is 2. The molecule has 9 heterocycles. The van der Waals surface area contributed by atoms with Crippen LogP contribution >= 0.6 is 15.9 Å². The molecular weight excluding hydrogens is 1700 g/mol. The average Bonchev–Trinajstić information content (AvgIpc) is 1.60. The molecule has 0 atom stereocenters. The molecule has 30 heteroatoms. The SMILES string of the molecule is CC.CC(=O)/C(=C\N(C)C)N1C(=O)c2ccccc2C1=O.CCO.COC(=O)c1ccncc1Br.COC(=O)c1ccncc1Cc1cnn(Cc2ccccc2)c1C.Cc1c(Cc2cnccc2C(=O)O)cnn1Cc1ccccc1.Cc1c(N)cnn1Cc1ccccc1.Cc1c(N2C(=O)c3ccccc3C2=O)cnn1Cc1ccccc1.NNCc1ccccc1. The van der Waals surface area contributed by atoms with E-state index in [4.69, 9.17) is 21.4 Å². The molecule has 14 aromatic rings. The number of nitrogens with two attached hydrogens (primary N) is 2. The molecule has 0 unspecified atom stereocenters. The van der Waals surface area contributed by atoms with Crippen LogP contribution < -0.4 is 21.9 Å². The molecule has 29 nitrogen and oxygen atoms in total. The number of esters is 2. The number of methoxy groups -OCH3 is 2. The van der Waals surface area contributed by atoms with Gasteiger partial charge in [0.15, 0.2) is 5.78 Å². The maximum absolute atomic E-state index is 12.6. The largest absolute Gasteiger partial charge is 0.478 e. The Morgan fingerprint density at radius 1 is 0.450 bits per heavy atom. The first-order chi connectivity index (χ1) is 62.3. The lowest BCUT2D eigenvalue weighted by molar-refractivity contribution is -0.114. The fourth-order valence-corrected chi connectivity index (χ4v) is 13.3. The molecule has 666 valence electrons. The number of hydrazine groups is 1. The number of carboxylic acids is 1. The van der Waals surface area contributed by atoms with Crippen LogP contribution in [0.25, 0.3) is 0 Å². The Morgan fingerprint density at radius 2 is 0.783 bits per heavy atom. The van der Waals surface area contributed by atoms with Crippen molar-refractivity contribution in [3.8, 4) is 0 Å². The Labute approximate surface area is 758 Å². The number of aromatic nitrogens is 11. The third kappa shape index (κ3) is 27.9. The number of hydrogen-bond donors (Lipinski definition) is 5. The van der Waals surface area contributed by atoms with Gasteiger partial charge in [-0.15, -0.1) is 0 Å². The maximum atomic E-state index is 12.6. The summed E-state index contributed by atoms with van der Waals surface area (Å²) in [6.45, 7) is 18.7. The molecule has 7 N–H and O–H groups in total. The van der Waals surface area contributed by atoms with Crippen LogP contribution in [0, 0.1) is 27.7 Å². The van der Waals surface area contributed by atoms with Gasteiger partial charge in [0.2, 0.25) is 0 Å². The Hall–Kier alpha value is -15.1. The number of allylic oxidation sites excluding steroid dienone is 1. The minimum Gasteiger partial charge on any atom is -0.478 e. The highest BCUT2D eigenvalue weighted by atomic mass is 79.9. The first-order valence-electron chi connectivity index (χ1n) is 41.1. The Morgan fingerprint density at radius 3 is 1.15 bits per heavy atom. The van der Waals surface area contributed by atoms with Gasteiger partial charge in [0.05, 0.1) is 131 Å². The van der Waals surface area contributed by atoms with Crippen LogP contribution in [0.4, 0.5) is 11.4 Å². The number of carbonyl (C=O) groups is 8. The van der Waals surface area contributed by atoms with Gasteiger partial charge in [-0.25, -0.2) is 24.2 Å². The quantitative estimate of drug-likeness (QED) is 0.0147. The van der Waals surface area contributed by atoms with Gasteiger partial charge in [-0.05, 0) is 143 Å². The number of nitrogens with zero attached hydrogens (tertiary/aromatic N) is 14. The fourth-order valence-electron chi connectivity index (χ4n) is 12.9. The van der Waals surface area contributed by atoms with Crippen LogP contribution in [0.3, 0.4) is 0 Å². The Balaban J connectivity index is 0.000000188. The van der Waals surface area contributed by atoms with Crippen molar-refractivity contribution >= 4 is 74.6 Å². The van der Waals surface area contributed by atoms with E-state index in [1.165, 1.54) is 73.0 Å². The molecule has 129 heavy (non-hydrogen) atoms. The number of hydrogen-bond acceptors (Lipinski definition) is 22. The number of Topliss-reactive ketones (excluding diaryl/α,β-unsaturated/α-hetero) is 1. The van der Waals surface area contributed by atoms with E-state index in [-0.39, 0.29) is 47.4 Å². The van der Waals surface area contributed by atoms with Crippen LogP contribution in [0.2, 0.25) is 0 Å². The molecule has 2 aliphatic heterocycles. The van der Waals surface area contributed by atoms with Crippen LogP contribution in [0.15, 0.2) is 297 Å². The standard InChI is InChI=1S/C19H15N3O2.C19H19N3O2.C18H17N3O2.C14H14N2O3.C11H13N3.C7H6BrNO2.C7H10N2.C2H6O.C2H6/c1-13-17(11-20-21(13)12-14-7-3-2-4-8-14)22-18(23)15-9-5-6-10-16(15)19(22)24;1-14-16(10-17-11-20-9-8-18(17)19(23)24-2)12-21-22(14)13-15-6-4-3-5-7-15;1-13-15(9-16-10-19-8-7-17(16)18(22)23)11-20-21(13)12-14-5-3-2-4-6-14;1-9(17)12(8-15(2)3)16-13(18)10-6-4-5-7-11(10)14(16)19;1-9-11(12)7-13-14(9)8-10-5-3-2-4-6-10;1-11-7(10)5-2-3-9-4-6(5)8;8-9-6-7-4-2-1-3-5-7;1-2-3;1-2/h2-11H,12H2,1H3;3-9,11-12H,10,13H2,1-2H3;2-8,10-11H,9,12H2,1H3,(H,22,23);4-8H,1-3H3;2-7H,8,12H2,1H3;2-4H,1H3;1-5,9H,6,8H2;3H,2H2,1H3;1-2H3/b;;;12-8+;;;;;. The summed E-state index contributed by atoms with van der Waals surface area (Å²) in [4.78, 5) is 111. The van der Waals surface area contributed by atoms with Crippen molar-refractivity contribution in [1.82, 2.24) is 69.3 Å². The van der Waals surface area contributed by atoms with Crippen molar-refractivity contribution in [1.29, 1.82) is 0 Å². The summed E-state index contributed by atoms with van der Waals surface area (Å²) in [5.41, 5.74) is 26.0. The summed E-state index contributed by atoms with van der Waals surface area (Å²) in [6, 6.07) is 68.8. The van der Waals surface area contributed by atoms with E-state index in [1.807, 2.05) is 177 Å². The number of carbonyl (C=O) groups excluding carboxylic acids is 7. The number of amides is 4. The first-order valence-corrected chi connectivity index (χ1v) is 41.9. The molecule has 0 saturated carbocycles. The number of nitrogens with one attached hydrogen (secondary N) is 1. The number of carboxylic acid groups (broad SMARTS) is 1. The lowest BCUT2D eigenvalue weighted by atomic mass is 10.0. The number of rotatable bonds is 21. The number of halogens is 1. The van der Waals surface area contributed by atoms with Crippen LogP contribution in [-0.2, 0) is 59.8 Å². The van der Waals surface area contributed by atoms with Crippen molar-refractivity contribution in [2.45, 2.75) is 101 Å². The van der Waals surface area contributed by atoms with E-state index >= 15 is 0 Å². The van der Waals surface area contributed by atoms with Crippen LogP contribution in [0.1, 0.15) is 173 Å². The number of nitrogen functional groups attached to an aromatic ring is 1. The number of fused-ring (bicyclic) bond motifs is 2. The molecule has 7 aromatic heterocycles. The molecule has 0 spiro atoms. The number of ketones is 1. The topological polar surface area (TPSA) is 379 Å². The fraction of sp³-hybridized carbons (Fsp3) is 0.202. The molecule has 7 aromatic carbocycles. The Bertz CT molecular complexity index is 5990. The van der Waals surface area contributed by atoms with E-state index < -0.39 is 17.8 Å². The van der Waals surface area contributed by atoms with Gasteiger partial charge in [0.25, 0.3) is 23.6 Å². The molecule has 0 bridgehead atoms. The number of ether oxygens (including phenoxy) is 2. The van der Waals surface area contributed by atoms with Crippen molar-refractivity contribution in [3.63, 3.8) is 0 Å². The summed E-state index contributed by atoms with van der Waals surface area (Å²) < 4.78 is 17.6. The molecule has 16 rings (SSSR count). The minimum atomic E-state index is -0.934. The molecule has 0 saturated heterocycles. The number of aliphatic hydroxyl groups is 1. The summed E-state index contributed by atoms with van der Waals surface area (Å²) >= 11 is 3.17. The highest BCUT2D eigenvalue weighted by molar-refractivity contribution is 9.10. The minimum absolute atomic E-state index is 0.0798. The van der Waals surface area contributed by atoms with Gasteiger partial charge < -0.3 is 30.3 Å². The van der Waals surface area contributed by atoms with Gasteiger partial charge in [-0.1, -0.05) is 190 Å². The monoisotopic (exact) mass is 1800 g/mol.